The molecule has 0 aromatic heterocycles. The van der Waals surface area contributed by atoms with Gasteiger partial charge in [-0.1, -0.05) is 31.5 Å². The van der Waals surface area contributed by atoms with Crippen LogP contribution in [0.2, 0.25) is 5.02 Å². The Kier molecular flexibility index (Phi) is 4.30. The fraction of sp³-hybridized carbons (Fsp3) is 0.533. The molecule has 0 radical (unpaired) electrons. The van der Waals surface area contributed by atoms with Crippen molar-refractivity contribution in [1.82, 2.24) is 0 Å². The third kappa shape index (κ3) is 2.54. The van der Waals surface area contributed by atoms with E-state index in [2.05, 4.69) is 5.32 Å². The molecule has 0 bridgehead atoms. The predicted molar refractivity (Wildman–Crippen MR) is 86.0 cm³/mol. The van der Waals surface area contributed by atoms with Gasteiger partial charge in [-0.05, 0) is 43.4 Å². The van der Waals surface area contributed by atoms with E-state index in [-0.39, 0.29) is 5.91 Å². The second-order valence-electron chi connectivity index (χ2n) is 5.43. The molecule has 2 rings (SSSR count). The monoisotopic (exact) mass is 333 g/mol. The van der Waals surface area contributed by atoms with E-state index >= 15 is 0 Å². The predicted octanol–water partition coefficient (Wildman–Crippen LogP) is 4.99. The molecule has 0 heterocycles. The minimum atomic E-state index is -0.964. The van der Waals surface area contributed by atoms with Gasteiger partial charge in [-0.2, -0.15) is 0 Å². The molecule has 5 heteroatoms. The summed E-state index contributed by atoms with van der Waals surface area (Å²) in [5.74, 6) is -0.144. The number of hydrogen-bond acceptors (Lipinski definition) is 1. The molecule has 1 atom stereocenters. The SMILES string of the molecule is CCc1ccc(Cl)c(CC)c1NC(=O)C1(C)CC1(Cl)Cl. The molecule has 2 nitrogen and oxygen atoms in total. The Hall–Kier alpha value is -0.440. The van der Waals surface area contributed by atoms with Crippen LogP contribution in [-0.4, -0.2) is 10.2 Å². The van der Waals surface area contributed by atoms with Crippen molar-refractivity contribution in [2.45, 2.75) is 44.4 Å². The Morgan fingerprint density at radius 1 is 1.30 bits per heavy atom. The quantitative estimate of drug-likeness (QED) is 0.772. The van der Waals surface area contributed by atoms with E-state index < -0.39 is 9.75 Å². The van der Waals surface area contributed by atoms with Gasteiger partial charge in [-0.15, -0.1) is 23.2 Å². The molecule has 20 heavy (non-hydrogen) atoms. The maximum Gasteiger partial charge on any atom is 0.233 e. The van der Waals surface area contributed by atoms with Crippen LogP contribution < -0.4 is 5.32 Å². The molecule has 0 saturated heterocycles. The summed E-state index contributed by atoms with van der Waals surface area (Å²) in [7, 11) is 0. The van der Waals surface area contributed by atoms with Crippen molar-refractivity contribution in [3.63, 3.8) is 0 Å². The molecule has 1 saturated carbocycles. The van der Waals surface area contributed by atoms with Crippen molar-refractivity contribution in [1.29, 1.82) is 0 Å². The fourth-order valence-electron chi connectivity index (χ4n) is 2.36. The van der Waals surface area contributed by atoms with Gasteiger partial charge in [0.25, 0.3) is 0 Å². The lowest BCUT2D eigenvalue weighted by molar-refractivity contribution is -0.120. The third-order valence-corrected chi connectivity index (χ3v) is 5.53. The largest absolute Gasteiger partial charge is 0.325 e. The number of carbonyl (C=O) groups is 1. The van der Waals surface area contributed by atoms with Crippen molar-refractivity contribution >= 4 is 46.4 Å². The van der Waals surface area contributed by atoms with Gasteiger partial charge in [0.05, 0.1) is 5.41 Å². The van der Waals surface area contributed by atoms with Gasteiger partial charge in [0.2, 0.25) is 5.91 Å². The number of carbonyl (C=O) groups excluding carboxylic acids is 1. The smallest absolute Gasteiger partial charge is 0.233 e. The number of benzene rings is 1. The van der Waals surface area contributed by atoms with Crippen LogP contribution in [0, 0.1) is 5.41 Å². The number of hydrogen-bond donors (Lipinski definition) is 1. The number of rotatable bonds is 4. The average molecular weight is 335 g/mol. The lowest BCUT2D eigenvalue weighted by Crippen LogP contribution is -2.27. The van der Waals surface area contributed by atoms with E-state index in [9.17, 15) is 4.79 Å². The zero-order valence-electron chi connectivity index (χ0n) is 11.8. The molecule has 1 amide bonds. The molecular weight excluding hydrogens is 317 g/mol. The molecule has 0 aliphatic heterocycles. The average Bonchev–Trinajstić information content (AvgIpc) is 2.90. The zero-order chi connectivity index (χ0) is 15.1. The highest BCUT2D eigenvalue weighted by atomic mass is 35.5. The summed E-state index contributed by atoms with van der Waals surface area (Å²) >= 11 is 18.4. The Morgan fingerprint density at radius 2 is 1.90 bits per heavy atom. The van der Waals surface area contributed by atoms with Gasteiger partial charge in [-0.3, -0.25) is 4.79 Å². The minimum Gasteiger partial charge on any atom is -0.325 e. The molecule has 1 N–H and O–H groups in total. The van der Waals surface area contributed by atoms with Crippen molar-refractivity contribution in [3.05, 3.63) is 28.3 Å². The normalized spacial score (nSPS) is 23.5. The first-order valence-corrected chi connectivity index (χ1v) is 7.89. The highest BCUT2D eigenvalue weighted by Crippen LogP contribution is 2.64. The molecule has 1 aliphatic rings. The highest BCUT2D eigenvalue weighted by Gasteiger charge is 2.67. The number of amides is 1. The van der Waals surface area contributed by atoms with Crippen molar-refractivity contribution in [2.75, 3.05) is 5.32 Å². The Bertz CT molecular complexity index is 556. The minimum absolute atomic E-state index is 0.144. The van der Waals surface area contributed by atoms with Crippen LogP contribution in [0.1, 0.15) is 38.3 Å². The van der Waals surface area contributed by atoms with Crippen LogP contribution in [0.25, 0.3) is 0 Å². The molecule has 1 aromatic rings. The molecular formula is C15H18Cl3NO. The maximum absolute atomic E-state index is 12.4. The van der Waals surface area contributed by atoms with Crippen LogP contribution in [0.4, 0.5) is 5.69 Å². The summed E-state index contributed by atoms with van der Waals surface area (Å²) in [6.45, 7) is 5.84. The summed E-state index contributed by atoms with van der Waals surface area (Å²) in [4.78, 5) is 12.4. The molecule has 1 unspecified atom stereocenters. The van der Waals surface area contributed by atoms with Gasteiger partial charge >= 0.3 is 0 Å². The van der Waals surface area contributed by atoms with Crippen molar-refractivity contribution in [3.8, 4) is 0 Å². The lowest BCUT2D eigenvalue weighted by atomic mass is 10.0. The summed E-state index contributed by atoms with van der Waals surface area (Å²) in [6, 6.07) is 3.82. The Balaban J connectivity index is 2.34. The van der Waals surface area contributed by atoms with Crippen LogP contribution >= 0.6 is 34.8 Å². The molecule has 110 valence electrons. The molecule has 1 aliphatic carbocycles. The van der Waals surface area contributed by atoms with E-state index in [1.165, 1.54) is 0 Å². The number of halogens is 3. The number of anilines is 1. The summed E-state index contributed by atoms with van der Waals surface area (Å²) in [6.07, 6.45) is 2.05. The maximum atomic E-state index is 12.4. The van der Waals surface area contributed by atoms with E-state index in [1.54, 1.807) is 6.92 Å². The summed E-state index contributed by atoms with van der Waals surface area (Å²) < 4.78 is -0.964. The molecule has 0 spiro atoms. The Labute approximate surface area is 134 Å². The van der Waals surface area contributed by atoms with Crippen LogP contribution in [-0.2, 0) is 17.6 Å². The van der Waals surface area contributed by atoms with Gasteiger partial charge < -0.3 is 5.32 Å². The van der Waals surface area contributed by atoms with E-state index in [1.807, 2.05) is 26.0 Å². The second-order valence-corrected chi connectivity index (χ2v) is 7.33. The first kappa shape index (κ1) is 15.9. The van der Waals surface area contributed by atoms with Gasteiger partial charge in [-0.25, -0.2) is 0 Å². The van der Waals surface area contributed by atoms with Crippen LogP contribution in [0.5, 0.6) is 0 Å². The van der Waals surface area contributed by atoms with Crippen LogP contribution in [0.15, 0.2) is 12.1 Å². The topological polar surface area (TPSA) is 29.1 Å². The van der Waals surface area contributed by atoms with Crippen molar-refractivity contribution in [2.24, 2.45) is 5.41 Å². The first-order chi connectivity index (χ1) is 9.26. The third-order valence-electron chi connectivity index (χ3n) is 4.07. The fourth-order valence-corrected chi connectivity index (χ4v) is 3.36. The number of alkyl halides is 2. The second kappa shape index (κ2) is 5.40. The van der Waals surface area contributed by atoms with E-state index in [0.717, 1.165) is 29.7 Å². The lowest BCUT2D eigenvalue weighted by Gasteiger charge is -2.19. The zero-order valence-corrected chi connectivity index (χ0v) is 14.1. The number of aryl methyl sites for hydroxylation is 1. The molecule has 1 fully saturated rings. The number of nitrogens with one attached hydrogen (secondary N) is 1. The standard InChI is InChI=1S/C15H18Cl3NO/c1-4-9-6-7-11(16)10(5-2)12(9)19-13(20)14(3)8-15(14,17)18/h6-7H,4-5,8H2,1-3H3,(H,19,20). The van der Waals surface area contributed by atoms with Gasteiger partial charge in [0.1, 0.15) is 4.33 Å². The van der Waals surface area contributed by atoms with Gasteiger partial charge in [0, 0.05) is 10.7 Å². The summed E-state index contributed by atoms with van der Waals surface area (Å²) in [5, 5.41) is 3.66. The summed E-state index contributed by atoms with van der Waals surface area (Å²) in [5.41, 5.74) is 2.11. The Morgan fingerprint density at radius 3 is 2.35 bits per heavy atom. The highest BCUT2D eigenvalue weighted by molar-refractivity contribution is 6.53. The van der Waals surface area contributed by atoms with E-state index in [0.29, 0.717) is 11.4 Å². The van der Waals surface area contributed by atoms with Crippen LogP contribution in [0.3, 0.4) is 0 Å². The molecule has 1 aromatic carbocycles. The first-order valence-electron chi connectivity index (χ1n) is 6.76. The van der Waals surface area contributed by atoms with E-state index in [4.69, 9.17) is 34.8 Å². The van der Waals surface area contributed by atoms with Gasteiger partial charge in [0.15, 0.2) is 0 Å². The van der Waals surface area contributed by atoms with Crippen molar-refractivity contribution < 1.29 is 4.79 Å².